The summed E-state index contributed by atoms with van der Waals surface area (Å²) >= 11 is 1.26. The molecular formula is C11H13N7O2S. The van der Waals surface area contributed by atoms with Gasteiger partial charge in [-0.05, 0) is 17.8 Å². The molecule has 0 N–H and O–H groups in total. The summed E-state index contributed by atoms with van der Waals surface area (Å²) in [6, 6.07) is 2.97. The molecule has 0 amide bonds. The Morgan fingerprint density at radius 2 is 2.24 bits per heavy atom. The van der Waals surface area contributed by atoms with Gasteiger partial charge >= 0.3 is 0 Å². The predicted octanol–water partition coefficient (Wildman–Crippen LogP) is 1.49. The van der Waals surface area contributed by atoms with E-state index in [1.165, 1.54) is 24.0 Å². The lowest BCUT2D eigenvalue weighted by Crippen LogP contribution is -2.07. The molecule has 0 unspecified atom stereocenters. The van der Waals surface area contributed by atoms with Crippen molar-refractivity contribution in [2.75, 3.05) is 14.1 Å². The van der Waals surface area contributed by atoms with Gasteiger partial charge in [0.1, 0.15) is 11.2 Å². The molecule has 0 spiro atoms. The standard InChI is InChI=1S/C11H13N7O2S/c1-16(2)7-13-10-14-11(17(3)15-10)21-9-5-4-8(6-12-9)18(19)20/h4-7H,1-3H3. The molecule has 0 atom stereocenters. The van der Waals surface area contributed by atoms with Crippen molar-refractivity contribution >= 4 is 29.7 Å². The highest BCUT2D eigenvalue weighted by Crippen LogP contribution is 2.26. The summed E-state index contributed by atoms with van der Waals surface area (Å²) in [5, 5.41) is 15.9. The number of pyridine rings is 1. The van der Waals surface area contributed by atoms with E-state index in [0.717, 1.165) is 0 Å². The molecule has 0 radical (unpaired) electrons. The average Bonchev–Trinajstić information content (AvgIpc) is 2.78. The van der Waals surface area contributed by atoms with Gasteiger partial charge in [-0.2, -0.15) is 4.98 Å². The van der Waals surface area contributed by atoms with Crippen LogP contribution in [0.2, 0.25) is 0 Å². The molecule has 0 aliphatic carbocycles. The van der Waals surface area contributed by atoms with Crippen molar-refractivity contribution < 1.29 is 4.92 Å². The summed E-state index contributed by atoms with van der Waals surface area (Å²) < 4.78 is 1.58. The maximum Gasteiger partial charge on any atom is 0.287 e. The first-order valence-corrected chi connectivity index (χ1v) is 6.67. The molecule has 0 aromatic carbocycles. The van der Waals surface area contributed by atoms with Crippen LogP contribution in [0.15, 0.2) is 33.5 Å². The Hall–Kier alpha value is -2.49. The maximum absolute atomic E-state index is 10.6. The van der Waals surface area contributed by atoms with E-state index in [-0.39, 0.29) is 5.69 Å². The Bertz CT molecular complexity index is 666. The van der Waals surface area contributed by atoms with Gasteiger partial charge in [-0.15, -0.1) is 5.10 Å². The summed E-state index contributed by atoms with van der Waals surface area (Å²) in [5.41, 5.74) is -0.0476. The van der Waals surface area contributed by atoms with Gasteiger partial charge in [-0.25, -0.2) is 14.7 Å². The third kappa shape index (κ3) is 3.99. The number of aromatic nitrogens is 4. The van der Waals surface area contributed by atoms with Gasteiger partial charge in [0.2, 0.25) is 0 Å². The molecule has 9 nitrogen and oxygen atoms in total. The van der Waals surface area contributed by atoms with Crippen molar-refractivity contribution in [2.45, 2.75) is 10.2 Å². The lowest BCUT2D eigenvalue weighted by Gasteiger charge is -1.99. The zero-order chi connectivity index (χ0) is 15.4. The first kappa shape index (κ1) is 14.9. The van der Waals surface area contributed by atoms with Crippen LogP contribution in [0.25, 0.3) is 0 Å². The van der Waals surface area contributed by atoms with Crippen molar-refractivity contribution in [2.24, 2.45) is 12.0 Å². The van der Waals surface area contributed by atoms with Gasteiger partial charge in [0.25, 0.3) is 11.6 Å². The van der Waals surface area contributed by atoms with Crippen molar-refractivity contribution in [1.82, 2.24) is 24.6 Å². The molecule has 110 valence electrons. The third-order valence-electron chi connectivity index (χ3n) is 2.24. The Morgan fingerprint density at radius 1 is 1.48 bits per heavy atom. The number of hydrogen-bond donors (Lipinski definition) is 0. The van der Waals surface area contributed by atoms with Gasteiger partial charge in [-0.1, -0.05) is 0 Å². The normalized spacial score (nSPS) is 11.0. The van der Waals surface area contributed by atoms with E-state index in [1.807, 2.05) is 14.1 Å². The van der Waals surface area contributed by atoms with Crippen LogP contribution in [0.4, 0.5) is 11.6 Å². The topological polar surface area (TPSA) is 102 Å². The third-order valence-corrected chi connectivity index (χ3v) is 3.23. The van der Waals surface area contributed by atoms with E-state index in [9.17, 15) is 10.1 Å². The maximum atomic E-state index is 10.6. The summed E-state index contributed by atoms with van der Waals surface area (Å²) in [6.45, 7) is 0. The van der Waals surface area contributed by atoms with E-state index < -0.39 is 4.92 Å². The largest absolute Gasteiger partial charge is 0.369 e. The Morgan fingerprint density at radius 3 is 2.81 bits per heavy atom. The fourth-order valence-electron chi connectivity index (χ4n) is 1.30. The number of aliphatic imine (C=N–C) groups is 1. The summed E-state index contributed by atoms with van der Waals surface area (Å²) in [5.74, 6) is 0.343. The molecule has 2 aromatic rings. The molecule has 21 heavy (non-hydrogen) atoms. The minimum atomic E-state index is -0.488. The van der Waals surface area contributed by atoms with Crippen LogP contribution in [-0.4, -0.2) is 50.0 Å². The fraction of sp³-hybridized carbons (Fsp3) is 0.273. The van der Waals surface area contributed by atoms with E-state index in [4.69, 9.17) is 0 Å². The second-order valence-corrected chi connectivity index (χ2v) is 5.23. The molecule has 0 aliphatic heterocycles. The second kappa shape index (κ2) is 6.31. The number of nitro groups is 1. The van der Waals surface area contributed by atoms with Gasteiger partial charge in [0, 0.05) is 27.2 Å². The minimum absolute atomic E-state index is 0.0476. The monoisotopic (exact) mass is 307 g/mol. The second-order valence-electron chi connectivity index (χ2n) is 4.24. The number of rotatable bonds is 5. The molecule has 0 aliphatic rings. The molecule has 0 bridgehead atoms. The van der Waals surface area contributed by atoms with E-state index in [2.05, 4.69) is 20.1 Å². The Labute approximate surface area is 124 Å². The van der Waals surface area contributed by atoms with E-state index >= 15 is 0 Å². The molecule has 0 fully saturated rings. The highest BCUT2D eigenvalue weighted by atomic mass is 32.2. The SMILES string of the molecule is CN(C)C=Nc1nc(Sc2ccc([N+](=O)[O-])cn2)n(C)n1. The predicted molar refractivity (Wildman–Crippen MR) is 77.9 cm³/mol. The van der Waals surface area contributed by atoms with Gasteiger partial charge in [-0.3, -0.25) is 10.1 Å². The average molecular weight is 307 g/mol. The summed E-state index contributed by atoms with van der Waals surface area (Å²) in [7, 11) is 5.45. The van der Waals surface area contributed by atoms with Crippen LogP contribution in [0.5, 0.6) is 0 Å². The molecule has 10 heteroatoms. The fourth-order valence-corrected chi connectivity index (χ4v) is 2.03. The van der Waals surface area contributed by atoms with Crippen LogP contribution in [0.1, 0.15) is 0 Å². The Balaban J connectivity index is 2.14. The van der Waals surface area contributed by atoms with Gasteiger partial charge in [0.05, 0.1) is 11.3 Å². The molecule has 2 aromatic heterocycles. The van der Waals surface area contributed by atoms with Crippen molar-refractivity contribution in [3.05, 3.63) is 28.4 Å². The zero-order valence-electron chi connectivity index (χ0n) is 11.7. The minimum Gasteiger partial charge on any atom is -0.369 e. The Kier molecular flexibility index (Phi) is 4.48. The van der Waals surface area contributed by atoms with E-state index in [0.29, 0.717) is 16.1 Å². The highest BCUT2D eigenvalue weighted by molar-refractivity contribution is 7.99. The summed E-state index contributed by atoms with van der Waals surface area (Å²) in [4.78, 5) is 24.2. The van der Waals surface area contributed by atoms with Crippen LogP contribution in [0, 0.1) is 10.1 Å². The zero-order valence-corrected chi connectivity index (χ0v) is 12.5. The lowest BCUT2D eigenvalue weighted by atomic mass is 10.4. The van der Waals surface area contributed by atoms with Crippen LogP contribution < -0.4 is 0 Å². The molecule has 0 saturated carbocycles. The summed E-state index contributed by atoms with van der Waals surface area (Å²) in [6.07, 6.45) is 2.82. The molecule has 2 heterocycles. The van der Waals surface area contributed by atoms with E-state index in [1.54, 1.807) is 29.0 Å². The quantitative estimate of drug-likeness (QED) is 0.357. The smallest absolute Gasteiger partial charge is 0.287 e. The molecule has 0 saturated heterocycles. The number of hydrogen-bond acceptors (Lipinski definition) is 7. The lowest BCUT2D eigenvalue weighted by molar-refractivity contribution is -0.385. The number of aryl methyl sites for hydroxylation is 1. The van der Waals surface area contributed by atoms with Crippen molar-refractivity contribution in [3.63, 3.8) is 0 Å². The first-order valence-electron chi connectivity index (χ1n) is 5.85. The van der Waals surface area contributed by atoms with Crippen molar-refractivity contribution in [1.29, 1.82) is 0 Å². The van der Waals surface area contributed by atoms with Crippen molar-refractivity contribution in [3.8, 4) is 0 Å². The van der Waals surface area contributed by atoms with Crippen LogP contribution >= 0.6 is 11.8 Å². The number of nitrogens with zero attached hydrogens (tertiary/aromatic N) is 7. The molecule has 2 rings (SSSR count). The van der Waals surface area contributed by atoms with Gasteiger partial charge < -0.3 is 4.90 Å². The first-order chi connectivity index (χ1) is 9.95. The van der Waals surface area contributed by atoms with Gasteiger partial charge in [0.15, 0.2) is 5.16 Å². The van der Waals surface area contributed by atoms with Crippen LogP contribution in [0.3, 0.4) is 0 Å². The molecular weight excluding hydrogens is 294 g/mol. The highest BCUT2D eigenvalue weighted by Gasteiger charge is 2.11. The van der Waals surface area contributed by atoms with Crippen LogP contribution in [-0.2, 0) is 7.05 Å².